The molecule has 0 saturated carbocycles. The Balaban J connectivity index is 1.35. The molecule has 1 aliphatic carbocycles. The molecule has 1 unspecified atom stereocenters. The van der Waals surface area contributed by atoms with Crippen LogP contribution in [-0.4, -0.2) is 73.9 Å². The van der Waals surface area contributed by atoms with Gasteiger partial charge in [-0.15, -0.1) is 0 Å². The number of fused-ring (bicyclic) bond motifs is 3. The van der Waals surface area contributed by atoms with Gasteiger partial charge in [0.05, 0.1) is 12.7 Å². The maximum Gasteiger partial charge on any atom is 0.407 e. The Labute approximate surface area is 407 Å². The zero-order chi connectivity index (χ0) is 48.2. The number of benzene rings is 2. The molecule has 2 aromatic rings. The summed E-state index contributed by atoms with van der Waals surface area (Å²) in [7, 11) is 0. The highest BCUT2D eigenvalue weighted by Crippen LogP contribution is 2.47. The lowest BCUT2D eigenvalue weighted by molar-refractivity contribution is -0.124. The molecule has 10 nitrogen and oxygen atoms in total. The van der Waals surface area contributed by atoms with E-state index in [1.165, 1.54) is 151 Å². The van der Waals surface area contributed by atoms with Crippen LogP contribution in [0.4, 0.5) is 9.59 Å². The molecule has 67 heavy (non-hydrogen) atoms. The van der Waals surface area contributed by atoms with Gasteiger partial charge in [-0.05, 0) is 81.0 Å². The van der Waals surface area contributed by atoms with Crippen molar-refractivity contribution in [2.75, 3.05) is 32.9 Å². The van der Waals surface area contributed by atoms with Crippen molar-refractivity contribution >= 4 is 18.1 Å². The fourth-order valence-corrected chi connectivity index (χ4v) is 9.44. The third kappa shape index (κ3) is 26.1. The van der Waals surface area contributed by atoms with Gasteiger partial charge in [0.1, 0.15) is 11.6 Å². The van der Waals surface area contributed by atoms with Crippen LogP contribution in [0, 0.1) is 0 Å². The van der Waals surface area contributed by atoms with Gasteiger partial charge in [-0.1, -0.05) is 204 Å². The zero-order valence-corrected chi connectivity index (χ0v) is 42.8. The molecule has 0 aromatic heterocycles. The normalized spacial score (nSPS) is 13.2. The highest BCUT2D eigenvalue weighted by Gasteiger charge is 2.31. The van der Waals surface area contributed by atoms with Crippen LogP contribution in [0.25, 0.3) is 11.1 Å². The largest absolute Gasteiger partial charge is 0.465 e. The Bertz CT molecular complexity index is 1560. The maximum atomic E-state index is 13.4. The second-order valence-corrected chi connectivity index (χ2v) is 19.9. The topological polar surface area (TPSA) is 135 Å². The van der Waals surface area contributed by atoms with Gasteiger partial charge < -0.3 is 35.3 Å². The molecule has 2 atom stereocenters. The first kappa shape index (κ1) is 57.7. The van der Waals surface area contributed by atoms with Gasteiger partial charge in [0.25, 0.3) is 0 Å². The van der Waals surface area contributed by atoms with Crippen LogP contribution < -0.4 is 16.0 Å². The number of hydrogen-bond acceptors (Lipinski definition) is 6. The predicted octanol–water partition coefficient (Wildman–Crippen LogP) is 14.8. The van der Waals surface area contributed by atoms with E-state index in [2.05, 4.69) is 78.3 Å². The van der Waals surface area contributed by atoms with Crippen molar-refractivity contribution < 1.29 is 33.7 Å². The van der Waals surface area contributed by atoms with Gasteiger partial charge in [0.15, 0.2) is 0 Å². The van der Waals surface area contributed by atoms with Crippen LogP contribution in [0.1, 0.15) is 231 Å². The smallest absolute Gasteiger partial charge is 0.407 e. The molecule has 0 saturated heterocycles. The fourth-order valence-electron chi connectivity index (χ4n) is 9.44. The van der Waals surface area contributed by atoms with Crippen LogP contribution in [0.5, 0.6) is 0 Å². The van der Waals surface area contributed by atoms with E-state index in [1.807, 2.05) is 13.8 Å². The third-order valence-electron chi connectivity index (χ3n) is 13.5. The predicted molar refractivity (Wildman–Crippen MR) is 276 cm³/mol. The molecule has 4 N–H and O–H groups in total. The molecule has 0 bridgehead atoms. The molecule has 0 radical (unpaired) electrons. The van der Waals surface area contributed by atoms with Gasteiger partial charge in [-0.2, -0.15) is 0 Å². The zero-order valence-electron chi connectivity index (χ0n) is 42.8. The van der Waals surface area contributed by atoms with Gasteiger partial charge in [0, 0.05) is 32.2 Å². The number of hydrogen-bond donors (Lipinski definition) is 4. The van der Waals surface area contributed by atoms with E-state index in [-0.39, 0.29) is 24.5 Å². The quantitative estimate of drug-likeness (QED) is 0.0487. The summed E-state index contributed by atoms with van der Waals surface area (Å²) in [4.78, 5) is 38.0. The minimum absolute atomic E-state index is 0.246. The maximum absolute atomic E-state index is 13.4. The molecule has 0 aliphatic heterocycles. The molecule has 0 spiro atoms. The Kier molecular flexibility index (Phi) is 31.3. The summed E-state index contributed by atoms with van der Waals surface area (Å²) in [5, 5.41) is 17.8. The molecule has 0 fully saturated rings. The van der Waals surface area contributed by atoms with E-state index in [1.54, 1.807) is 0 Å². The van der Waals surface area contributed by atoms with Crippen molar-refractivity contribution in [1.29, 1.82) is 0 Å². The lowest BCUT2D eigenvalue weighted by atomic mass is 9.88. The highest BCUT2D eigenvalue weighted by atomic mass is 16.6. The summed E-state index contributed by atoms with van der Waals surface area (Å²) in [5.74, 6) is -0.128. The molecule has 3 amide bonds. The van der Waals surface area contributed by atoms with E-state index in [0.717, 1.165) is 32.1 Å². The van der Waals surface area contributed by atoms with Crippen molar-refractivity contribution in [3.63, 3.8) is 0 Å². The first-order chi connectivity index (χ1) is 32.6. The molecule has 1 aliphatic rings. The Morgan fingerprint density at radius 2 is 1.09 bits per heavy atom. The van der Waals surface area contributed by atoms with Crippen molar-refractivity contribution in [2.24, 2.45) is 0 Å². The van der Waals surface area contributed by atoms with E-state index >= 15 is 0 Å². The number of unbranched alkanes of at least 4 members (excludes halogenated alkanes) is 23. The number of carbonyl (C=O) groups is 3. The summed E-state index contributed by atoms with van der Waals surface area (Å²) >= 11 is 0. The average Bonchev–Trinajstić information content (AvgIpc) is 3.63. The van der Waals surface area contributed by atoms with Crippen LogP contribution in [0.3, 0.4) is 0 Å². The molecular formula is C57H95N3O7. The SMILES string of the molecule is CCCCCCCCCCCCCCOCC(CNC(=O)[C@H](CCCCNC(=O)OC(C)(C)CCC1c2ccccc2-c2ccccc21)NC(=O)O)OCCCCCCCCCCCCCC. The summed E-state index contributed by atoms with van der Waals surface area (Å²) in [6.45, 7) is 10.7. The second kappa shape index (κ2) is 36.4. The van der Waals surface area contributed by atoms with E-state index in [4.69, 9.17) is 14.2 Å². The summed E-state index contributed by atoms with van der Waals surface area (Å²) in [6, 6.07) is 16.2. The summed E-state index contributed by atoms with van der Waals surface area (Å²) in [6.07, 6.45) is 31.7. The number of amides is 3. The Hall–Kier alpha value is -3.63. The first-order valence-corrected chi connectivity index (χ1v) is 27.3. The average molecular weight is 934 g/mol. The van der Waals surface area contributed by atoms with E-state index < -0.39 is 23.8 Å². The van der Waals surface area contributed by atoms with Crippen molar-refractivity contribution in [3.05, 3.63) is 59.7 Å². The Morgan fingerprint density at radius 1 is 0.612 bits per heavy atom. The monoisotopic (exact) mass is 934 g/mol. The number of carboxylic acid groups (broad SMARTS) is 1. The molecular weight excluding hydrogens is 839 g/mol. The number of ether oxygens (including phenoxy) is 3. The minimum Gasteiger partial charge on any atom is -0.465 e. The number of carbonyl (C=O) groups excluding carboxylic acids is 2. The molecule has 3 rings (SSSR count). The fraction of sp³-hybridized carbons (Fsp3) is 0.737. The summed E-state index contributed by atoms with van der Waals surface area (Å²) in [5.41, 5.74) is 4.53. The van der Waals surface area contributed by atoms with Crippen LogP contribution in [-0.2, 0) is 19.0 Å². The number of rotatable bonds is 42. The lowest BCUT2D eigenvalue weighted by Crippen LogP contribution is -2.48. The van der Waals surface area contributed by atoms with Crippen LogP contribution >= 0.6 is 0 Å². The van der Waals surface area contributed by atoms with Gasteiger partial charge in [0.2, 0.25) is 5.91 Å². The molecule has 2 aromatic carbocycles. The van der Waals surface area contributed by atoms with Gasteiger partial charge in [-0.3, -0.25) is 4.79 Å². The van der Waals surface area contributed by atoms with E-state index in [0.29, 0.717) is 52.0 Å². The summed E-state index contributed by atoms with van der Waals surface area (Å²) < 4.78 is 18.2. The van der Waals surface area contributed by atoms with Gasteiger partial charge >= 0.3 is 12.2 Å². The van der Waals surface area contributed by atoms with Crippen molar-refractivity contribution in [3.8, 4) is 11.1 Å². The van der Waals surface area contributed by atoms with Crippen LogP contribution in [0.15, 0.2) is 48.5 Å². The highest BCUT2D eigenvalue weighted by molar-refractivity contribution is 5.85. The van der Waals surface area contributed by atoms with Crippen LogP contribution in [0.2, 0.25) is 0 Å². The van der Waals surface area contributed by atoms with Crippen molar-refractivity contribution in [2.45, 2.75) is 238 Å². The first-order valence-electron chi connectivity index (χ1n) is 27.3. The molecule has 10 heteroatoms. The van der Waals surface area contributed by atoms with Crippen molar-refractivity contribution in [1.82, 2.24) is 16.0 Å². The number of alkyl carbamates (subject to hydrolysis) is 1. The van der Waals surface area contributed by atoms with Gasteiger partial charge in [-0.25, -0.2) is 9.59 Å². The lowest BCUT2D eigenvalue weighted by Gasteiger charge is -2.27. The second-order valence-electron chi connectivity index (χ2n) is 19.9. The standard InChI is InChI=1S/C57H95N3O7/c1-5-7-9-11-13-15-17-19-21-23-25-33-43-65-46-47(66-44-34-26-24-22-20-18-16-14-12-10-8-6-2)45-59-54(61)53(60-55(62)63)39-31-32-42-58-56(64)67-57(3,4)41-40-52-50-37-29-27-35-48(50)49-36-28-30-38-51(49)52/h27-30,35-38,47,52-53,60H,5-26,31-34,39-46H2,1-4H3,(H,58,64)(H,59,61)(H,62,63)/t47?,53-/m0/s1. The third-order valence-corrected chi connectivity index (χ3v) is 13.5. The Morgan fingerprint density at radius 3 is 1.60 bits per heavy atom. The minimum atomic E-state index is -1.25. The molecule has 380 valence electrons. The molecule has 0 heterocycles. The number of nitrogens with one attached hydrogen (secondary N) is 3. The van der Waals surface area contributed by atoms with E-state index in [9.17, 15) is 19.5 Å².